The Kier molecular flexibility index (Phi) is 7.56. The van der Waals surface area contributed by atoms with Crippen LogP contribution in [0, 0.1) is 5.92 Å². The summed E-state index contributed by atoms with van der Waals surface area (Å²) in [5, 5.41) is 11.3. The minimum Gasteiger partial charge on any atom is -0.480 e. The van der Waals surface area contributed by atoms with Gasteiger partial charge in [0.1, 0.15) is 11.6 Å². The predicted molar refractivity (Wildman–Crippen MR) is 63.9 cm³/mol. The van der Waals surface area contributed by atoms with E-state index in [-0.39, 0.29) is 11.4 Å². The van der Waals surface area contributed by atoms with Crippen molar-refractivity contribution >= 4 is 12.1 Å². The number of amides is 1. The van der Waals surface area contributed by atoms with E-state index >= 15 is 0 Å². The smallest absolute Gasteiger partial charge is 0.408 e. The van der Waals surface area contributed by atoms with Crippen LogP contribution in [-0.2, 0) is 9.53 Å². The largest absolute Gasteiger partial charge is 0.480 e. The molecule has 1 amide bonds. The number of ether oxygens (including phenoxy) is 1. The number of carbonyl (C=O) groups is 2. The topological polar surface area (TPSA) is 107 Å². The molecular weight excluding hydrogens is 226 g/mol. The Morgan fingerprint density at radius 2 is 1.82 bits per heavy atom. The highest BCUT2D eigenvalue weighted by atomic mass is 16.6. The second-order valence-electron chi connectivity index (χ2n) is 4.85. The number of alkyl carbamates (subject to hydrolysis) is 1. The lowest BCUT2D eigenvalue weighted by Gasteiger charge is -2.24. The normalized spacial score (nSPS) is 14.2. The third-order valence-electron chi connectivity index (χ3n) is 2.15. The van der Waals surface area contributed by atoms with Crippen LogP contribution in [0.3, 0.4) is 0 Å². The molecule has 0 radical (unpaired) electrons. The number of carbonyl (C=O) groups excluding carboxylic acids is 1. The van der Waals surface area contributed by atoms with Gasteiger partial charge in [0.15, 0.2) is 0 Å². The second kappa shape index (κ2) is 7.11. The standard InChI is InChI=1S/C11H21NO4.H2O/c1-6-7(2)8(9(13)14)12-10(15)16-11(3,4)5;/h7-8H,6H2,1-5H3,(H,12,15)(H,13,14);1H2/t7?,8-;/m1./s1. The molecule has 0 heterocycles. The Labute approximate surface area is 102 Å². The Bertz CT molecular complexity index is 259. The molecule has 0 aliphatic carbocycles. The Morgan fingerprint density at radius 1 is 1.35 bits per heavy atom. The molecule has 6 heteroatoms. The summed E-state index contributed by atoms with van der Waals surface area (Å²) >= 11 is 0. The van der Waals surface area contributed by atoms with Crippen molar-refractivity contribution in [1.29, 1.82) is 0 Å². The lowest BCUT2D eigenvalue weighted by atomic mass is 10.00. The van der Waals surface area contributed by atoms with Gasteiger partial charge in [-0.3, -0.25) is 0 Å². The van der Waals surface area contributed by atoms with Gasteiger partial charge < -0.3 is 20.6 Å². The quantitative estimate of drug-likeness (QED) is 0.780. The molecule has 0 aromatic heterocycles. The molecule has 0 saturated carbocycles. The summed E-state index contributed by atoms with van der Waals surface area (Å²) in [4.78, 5) is 22.3. The van der Waals surface area contributed by atoms with E-state index in [0.717, 1.165) is 0 Å². The van der Waals surface area contributed by atoms with Gasteiger partial charge in [0.05, 0.1) is 0 Å². The van der Waals surface area contributed by atoms with Crippen LogP contribution in [0.1, 0.15) is 41.0 Å². The van der Waals surface area contributed by atoms with Crippen LogP contribution in [0.15, 0.2) is 0 Å². The molecule has 0 aliphatic rings. The first kappa shape index (κ1) is 18.1. The number of hydrogen-bond donors (Lipinski definition) is 2. The molecule has 0 aromatic rings. The summed E-state index contributed by atoms with van der Waals surface area (Å²) in [6, 6.07) is -0.903. The second-order valence-corrected chi connectivity index (χ2v) is 4.85. The van der Waals surface area contributed by atoms with Gasteiger partial charge in [-0.2, -0.15) is 0 Å². The maximum Gasteiger partial charge on any atom is 0.408 e. The fraction of sp³-hybridized carbons (Fsp3) is 0.818. The monoisotopic (exact) mass is 249 g/mol. The summed E-state index contributed by atoms with van der Waals surface area (Å²) in [6.45, 7) is 8.83. The SMILES string of the molecule is CCC(C)[C@@H](NC(=O)OC(C)(C)C)C(=O)O.O. The van der Waals surface area contributed by atoms with Gasteiger partial charge in [-0.1, -0.05) is 20.3 Å². The highest BCUT2D eigenvalue weighted by molar-refractivity contribution is 5.80. The molecular formula is C11H23NO5. The summed E-state index contributed by atoms with van der Waals surface area (Å²) in [5.41, 5.74) is -0.622. The van der Waals surface area contributed by atoms with Crippen LogP contribution >= 0.6 is 0 Å². The molecule has 0 aliphatic heterocycles. The first-order valence-corrected chi connectivity index (χ1v) is 5.39. The Balaban J connectivity index is 0. The Morgan fingerprint density at radius 3 is 2.12 bits per heavy atom. The fourth-order valence-electron chi connectivity index (χ4n) is 1.12. The number of hydrogen-bond acceptors (Lipinski definition) is 3. The molecule has 0 fully saturated rings. The average molecular weight is 249 g/mol. The molecule has 1 unspecified atom stereocenters. The average Bonchev–Trinajstić information content (AvgIpc) is 2.09. The minimum absolute atomic E-state index is 0. The van der Waals surface area contributed by atoms with Crippen LogP contribution < -0.4 is 5.32 Å². The van der Waals surface area contributed by atoms with Crippen molar-refractivity contribution in [3.8, 4) is 0 Å². The minimum atomic E-state index is -1.04. The highest BCUT2D eigenvalue weighted by Gasteiger charge is 2.27. The van der Waals surface area contributed by atoms with Crippen LogP contribution in [0.2, 0.25) is 0 Å². The van der Waals surface area contributed by atoms with Crippen molar-refractivity contribution < 1.29 is 24.9 Å². The van der Waals surface area contributed by atoms with Gasteiger partial charge in [-0.15, -0.1) is 0 Å². The van der Waals surface area contributed by atoms with Crippen LogP contribution in [0.25, 0.3) is 0 Å². The van der Waals surface area contributed by atoms with Gasteiger partial charge in [-0.25, -0.2) is 9.59 Å². The summed E-state index contributed by atoms with van der Waals surface area (Å²) in [6.07, 6.45) is -0.0209. The van der Waals surface area contributed by atoms with E-state index in [2.05, 4.69) is 5.32 Å². The molecule has 102 valence electrons. The summed E-state index contributed by atoms with van der Waals surface area (Å²) in [5.74, 6) is -1.18. The molecule has 6 nitrogen and oxygen atoms in total. The summed E-state index contributed by atoms with van der Waals surface area (Å²) < 4.78 is 5.00. The van der Waals surface area contributed by atoms with Gasteiger partial charge in [0.2, 0.25) is 0 Å². The lowest BCUT2D eigenvalue weighted by Crippen LogP contribution is -2.46. The molecule has 2 atom stereocenters. The third kappa shape index (κ3) is 7.57. The molecule has 0 aromatic carbocycles. The van der Waals surface area contributed by atoms with Crippen LogP contribution in [0.5, 0.6) is 0 Å². The third-order valence-corrected chi connectivity index (χ3v) is 2.15. The lowest BCUT2D eigenvalue weighted by molar-refractivity contribution is -0.140. The van der Waals surface area contributed by atoms with Gasteiger partial charge >= 0.3 is 12.1 Å². The fourth-order valence-corrected chi connectivity index (χ4v) is 1.12. The zero-order valence-corrected chi connectivity index (χ0v) is 11.0. The molecule has 0 saturated heterocycles. The van der Waals surface area contributed by atoms with Crippen molar-refractivity contribution in [1.82, 2.24) is 5.32 Å². The predicted octanol–water partition coefficient (Wildman–Crippen LogP) is 1.19. The molecule has 17 heavy (non-hydrogen) atoms. The number of nitrogens with one attached hydrogen (secondary N) is 1. The van der Waals surface area contributed by atoms with Gasteiger partial charge in [-0.05, 0) is 26.7 Å². The van der Waals surface area contributed by atoms with E-state index in [4.69, 9.17) is 9.84 Å². The van der Waals surface area contributed by atoms with Crippen molar-refractivity contribution in [3.05, 3.63) is 0 Å². The highest BCUT2D eigenvalue weighted by Crippen LogP contribution is 2.11. The van der Waals surface area contributed by atoms with E-state index in [9.17, 15) is 9.59 Å². The number of carboxylic acid groups (broad SMARTS) is 1. The van der Waals surface area contributed by atoms with Crippen molar-refractivity contribution in [2.75, 3.05) is 0 Å². The first-order chi connectivity index (χ1) is 7.17. The first-order valence-electron chi connectivity index (χ1n) is 5.39. The van der Waals surface area contributed by atoms with E-state index in [1.54, 1.807) is 27.7 Å². The van der Waals surface area contributed by atoms with Crippen molar-refractivity contribution in [2.45, 2.75) is 52.7 Å². The zero-order valence-electron chi connectivity index (χ0n) is 11.0. The van der Waals surface area contributed by atoms with Crippen LogP contribution in [-0.4, -0.2) is 34.3 Å². The number of rotatable bonds is 4. The van der Waals surface area contributed by atoms with E-state index in [1.165, 1.54) is 0 Å². The molecule has 4 N–H and O–H groups in total. The Hall–Kier alpha value is -1.30. The maximum atomic E-state index is 11.4. The van der Waals surface area contributed by atoms with E-state index in [1.807, 2.05) is 6.92 Å². The zero-order chi connectivity index (χ0) is 12.9. The van der Waals surface area contributed by atoms with E-state index < -0.39 is 23.7 Å². The molecule has 0 spiro atoms. The van der Waals surface area contributed by atoms with E-state index in [0.29, 0.717) is 6.42 Å². The number of aliphatic carboxylic acids is 1. The maximum absolute atomic E-state index is 11.4. The van der Waals surface area contributed by atoms with Gasteiger partial charge in [0.25, 0.3) is 0 Å². The number of carboxylic acids is 1. The molecule has 0 rings (SSSR count). The van der Waals surface area contributed by atoms with Gasteiger partial charge in [0, 0.05) is 0 Å². The van der Waals surface area contributed by atoms with Crippen molar-refractivity contribution in [3.63, 3.8) is 0 Å². The van der Waals surface area contributed by atoms with Crippen LogP contribution in [0.4, 0.5) is 4.79 Å². The summed E-state index contributed by atoms with van der Waals surface area (Å²) in [7, 11) is 0. The molecule has 0 bridgehead atoms. The van der Waals surface area contributed by atoms with Crippen molar-refractivity contribution in [2.24, 2.45) is 5.92 Å².